The Bertz CT molecular complexity index is 499. The standard InChI is InChI=1S/C8H7NO.C7H14O.C2H4O.C2H6/c1-6-9-7-4-2-3-5-8(7)10-6;1-3-5-6-7(8)4-2;1-2-3;1-2/h2-5H,1H3;3-6H2,1-2H3;2H,1H3;1-2H3. The number of ketones is 1. The molecule has 130 valence electrons. The number of aryl methyl sites for hydroxylation is 1. The van der Waals surface area contributed by atoms with Crippen LogP contribution in [0.15, 0.2) is 28.7 Å². The van der Waals surface area contributed by atoms with Crippen molar-refractivity contribution in [2.24, 2.45) is 0 Å². The molecule has 1 aromatic carbocycles. The van der Waals surface area contributed by atoms with Gasteiger partial charge in [-0.3, -0.25) is 4.79 Å². The molecule has 0 aliphatic carbocycles. The van der Waals surface area contributed by atoms with Gasteiger partial charge in [-0.25, -0.2) is 4.98 Å². The summed E-state index contributed by atoms with van der Waals surface area (Å²) in [6.45, 7) is 11.3. The average molecular weight is 321 g/mol. The highest BCUT2D eigenvalue weighted by Crippen LogP contribution is 2.12. The van der Waals surface area contributed by atoms with Crippen molar-refractivity contribution in [3.8, 4) is 0 Å². The number of aromatic nitrogens is 1. The van der Waals surface area contributed by atoms with Crippen molar-refractivity contribution in [3.63, 3.8) is 0 Å². The molecular formula is C19H31NO3. The fraction of sp³-hybridized carbons (Fsp3) is 0.526. The smallest absolute Gasteiger partial charge is 0.192 e. The number of hydrogen-bond acceptors (Lipinski definition) is 4. The van der Waals surface area contributed by atoms with Gasteiger partial charge < -0.3 is 9.21 Å². The number of hydrogen-bond donors (Lipinski definition) is 0. The molecule has 0 radical (unpaired) electrons. The number of oxazole rings is 1. The summed E-state index contributed by atoms with van der Waals surface area (Å²) in [5.74, 6) is 1.12. The molecule has 4 heteroatoms. The number of rotatable bonds is 4. The predicted octanol–water partition coefficient (Wildman–Crippen LogP) is 5.52. The molecule has 0 fully saturated rings. The van der Waals surface area contributed by atoms with Crippen LogP contribution in [0.25, 0.3) is 11.1 Å². The summed E-state index contributed by atoms with van der Waals surface area (Å²) in [5, 5.41) is 0. The Morgan fingerprint density at radius 2 is 1.78 bits per heavy atom. The van der Waals surface area contributed by atoms with E-state index in [-0.39, 0.29) is 0 Å². The van der Waals surface area contributed by atoms with E-state index in [1.165, 1.54) is 6.92 Å². The zero-order valence-electron chi connectivity index (χ0n) is 15.4. The topological polar surface area (TPSA) is 60.2 Å². The van der Waals surface area contributed by atoms with E-state index in [1.807, 2.05) is 52.0 Å². The fourth-order valence-corrected chi connectivity index (χ4v) is 1.54. The van der Waals surface area contributed by atoms with Crippen LogP contribution >= 0.6 is 0 Å². The number of aldehydes is 1. The first-order valence-corrected chi connectivity index (χ1v) is 8.32. The Kier molecular flexibility index (Phi) is 16.6. The number of carbonyl (C=O) groups is 2. The van der Waals surface area contributed by atoms with Crippen molar-refractivity contribution < 1.29 is 14.0 Å². The Morgan fingerprint density at radius 3 is 2.26 bits per heavy atom. The van der Waals surface area contributed by atoms with E-state index >= 15 is 0 Å². The summed E-state index contributed by atoms with van der Waals surface area (Å²) in [7, 11) is 0. The van der Waals surface area contributed by atoms with Crippen molar-refractivity contribution in [1.82, 2.24) is 4.98 Å². The van der Waals surface area contributed by atoms with E-state index in [2.05, 4.69) is 11.9 Å². The molecule has 0 N–H and O–H groups in total. The van der Waals surface area contributed by atoms with Gasteiger partial charge in [0.1, 0.15) is 17.6 Å². The molecule has 0 atom stereocenters. The summed E-state index contributed by atoms with van der Waals surface area (Å²) in [4.78, 5) is 23.5. The van der Waals surface area contributed by atoms with Crippen LogP contribution in [-0.4, -0.2) is 17.1 Å². The third-order valence-corrected chi connectivity index (χ3v) is 2.60. The molecule has 1 heterocycles. The van der Waals surface area contributed by atoms with E-state index in [0.29, 0.717) is 12.2 Å². The van der Waals surface area contributed by atoms with E-state index in [1.54, 1.807) is 0 Å². The molecule has 4 nitrogen and oxygen atoms in total. The first kappa shape index (κ1) is 23.3. The van der Waals surface area contributed by atoms with E-state index < -0.39 is 0 Å². The molecule has 0 spiro atoms. The fourth-order valence-electron chi connectivity index (χ4n) is 1.54. The molecule has 0 saturated heterocycles. The lowest BCUT2D eigenvalue weighted by atomic mass is 10.1. The molecule has 2 aromatic rings. The minimum Gasteiger partial charge on any atom is -0.441 e. The van der Waals surface area contributed by atoms with Crippen LogP contribution in [0.4, 0.5) is 0 Å². The van der Waals surface area contributed by atoms with Gasteiger partial charge in [0.15, 0.2) is 11.5 Å². The van der Waals surface area contributed by atoms with Crippen LogP contribution in [0.2, 0.25) is 0 Å². The van der Waals surface area contributed by atoms with Gasteiger partial charge in [0.05, 0.1) is 0 Å². The van der Waals surface area contributed by atoms with Crippen molar-refractivity contribution in [2.45, 2.75) is 67.2 Å². The Hall–Kier alpha value is -1.97. The van der Waals surface area contributed by atoms with Gasteiger partial charge in [-0.1, -0.05) is 46.2 Å². The van der Waals surface area contributed by atoms with Crippen LogP contribution in [0.5, 0.6) is 0 Å². The van der Waals surface area contributed by atoms with Crippen molar-refractivity contribution in [3.05, 3.63) is 30.2 Å². The van der Waals surface area contributed by atoms with Gasteiger partial charge in [-0.2, -0.15) is 0 Å². The number of unbranched alkanes of at least 4 members (excludes halogenated alkanes) is 1. The van der Waals surface area contributed by atoms with Gasteiger partial charge in [0.25, 0.3) is 0 Å². The number of Topliss-reactive ketones (excluding diaryl/α,β-unsaturated/α-hetero) is 1. The molecule has 0 aliphatic rings. The molecular weight excluding hydrogens is 290 g/mol. The normalized spacial score (nSPS) is 8.61. The number of benzene rings is 1. The van der Waals surface area contributed by atoms with E-state index in [9.17, 15) is 4.79 Å². The number of carbonyl (C=O) groups excluding carboxylic acids is 2. The van der Waals surface area contributed by atoms with E-state index in [4.69, 9.17) is 9.21 Å². The first-order valence-electron chi connectivity index (χ1n) is 8.32. The molecule has 0 bridgehead atoms. The summed E-state index contributed by atoms with van der Waals surface area (Å²) >= 11 is 0. The number of para-hydroxylation sites is 2. The van der Waals surface area contributed by atoms with Crippen molar-refractivity contribution in [1.29, 1.82) is 0 Å². The maximum Gasteiger partial charge on any atom is 0.192 e. The Labute approximate surface area is 140 Å². The van der Waals surface area contributed by atoms with Gasteiger partial charge >= 0.3 is 0 Å². The second kappa shape index (κ2) is 16.4. The largest absolute Gasteiger partial charge is 0.441 e. The van der Waals surface area contributed by atoms with Gasteiger partial charge in [-0.05, 0) is 25.5 Å². The molecule has 0 unspecified atom stereocenters. The molecule has 23 heavy (non-hydrogen) atoms. The zero-order valence-corrected chi connectivity index (χ0v) is 15.4. The van der Waals surface area contributed by atoms with Gasteiger partial charge in [0.2, 0.25) is 0 Å². The Morgan fingerprint density at radius 1 is 1.22 bits per heavy atom. The van der Waals surface area contributed by atoms with E-state index in [0.717, 1.165) is 42.5 Å². The van der Waals surface area contributed by atoms with Crippen molar-refractivity contribution >= 4 is 23.2 Å². The Balaban J connectivity index is 0. The maximum absolute atomic E-state index is 10.6. The monoisotopic (exact) mass is 321 g/mol. The molecule has 2 rings (SSSR count). The van der Waals surface area contributed by atoms with Crippen LogP contribution in [0, 0.1) is 6.92 Å². The molecule has 0 aliphatic heterocycles. The molecule has 0 saturated carbocycles. The van der Waals surface area contributed by atoms with Crippen LogP contribution < -0.4 is 0 Å². The highest BCUT2D eigenvalue weighted by molar-refractivity contribution is 5.77. The lowest BCUT2D eigenvalue weighted by Gasteiger charge is -1.91. The third kappa shape index (κ3) is 12.3. The highest BCUT2D eigenvalue weighted by Gasteiger charge is 1.97. The second-order valence-electron chi connectivity index (χ2n) is 4.43. The number of nitrogens with zero attached hydrogens (tertiary/aromatic N) is 1. The summed E-state index contributed by atoms with van der Waals surface area (Å²) in [6.07, 6.45) is 4.44. The maximum atomic E-state index is 10.6. The summed E-state index contributed by atoms with van der Waals surface area (Å²) in [5.41, 5.74) is 1.79. The predicted molar refractivity (Wildman–Crippen MR) is 96.7 cm³/mol. The molecule has 1 aromatic heterocycles. The lowest BCUT2D eigenvalue weighted by molar-refractivity contribution is -0.118. The van der Waals surface area contributed by atoms with Crippen LogP contribution in [0.3, 0.4) is 0 Å². The minimum atomic E-state index is 0.395. The molecule has 0 amide bonds. The van der Waals surface area contributed by atoms with Crippen molar-refractivity contribution in [2.75, 3.05) is 0 Å². The summed E-state index contributed by atoms with van der Waals surface area (Å²) < 4.78 is 5.26. The van der Waals surface area contributed by atoms with Crippen LogP contribution in [0.1, 0.15) is 66.2 Å². The SMILES string of the molecule is CC.CC=O.CCCCC(=O)CC.Cc1nc2ccccc2o1. The first-order chi connectivity index (χ1) is 11.1. The average Bonchev–Trinajstić information content (AvgIpc) is 2.95. The van der Waals surface area contributed by atoms with Gasteiger partial charge in [-0.15, -0.1) is 0 Å². The quantitative estimate of drug-likeness (QED) is 0.695. The second-order valence-corrected chi connectivity index (χ2v) is 4.43. The highest BCUT2D eigenvalue weighted by atomic mass is 16.3. The minimum absolute atomic E-state index is 0.395. The number of fused-ring (bicyclic) bond motifs is 1. The lowest BCUT2D eigenvalue weighted by Crippen LogP contribution is -1.92. The summed E-state index contributed by atoms with van der Waals surface area (Å²) in [6, 6.07) is 7.73. The zero-order chi connectivity index (χ0) is 18.1. The van der Waals surface area contributed by atoms with Gasteiger partial charge in [0, 0.05) is 19.8 Å². The third-order valence-electron chi connectivity index (χ3n) is 2.60. The van der Waals surface area contributed by atoms with Crippen LogP contribution in [-0.2, 0) is 9.59 Å².